The molecule has 0 bridgehead atoms. The van der Waals surface area contributed by atoms with E-state index in [1.54, 1.807) is 18.2 Å². The summed E-state index contributed by atoms with van der Waals surface area (Å²) >= 11 is 4.88. The third-order valence-corrected chi connectivity index (χ3v) is 4.49. The molecule has 0 aliphatic heterocycles. The molecule has 0 spiro atoms. The van der Waals surface area contributed by atoms with E-state index in [4.69, 9.17) is 5.73 Å². The van der Waals surface area contributed by atoms with Crippen molar-refractivity contribution < 1.29 is 4.79 Å². The van der Waals surface area contributed by atoms with Crippen LogP contribution in [0.1, 0.15) is 41.8 Å². The maximum Gasteiger partial charge on any atom is 0.169 e. The van der Waals surface area contributed by atoms with E-state index in [1.807, 2.05) is 5.38 Å². The Morgan fingerprint density at radius 1 is 1.40 bits per heavy atom. The van der Waals surface area contributed by atoms with Gasteiger partial charge in [-0.1, -0.05) is 20.8 Å². The van der Waals surface area contributed by atoms with Gasteiger partial charge in [-0.25, -0.2) is 4.98 Å². The predicted molar refractivity (Wildman–Crippen MR) is 87.4 cm³/mol. The number of thiazole rings is 1. The van der Waals surface area contributed by atoms with Crippen LogP contribution in [0.3, 0.4) is 0 Å². The molecular formula is C15H17BrN2OS. The number of nitrogens with zero attached hydrogens (tertiary/aromatic N) is 1. The smallest absolute Gasteiger partial charge is 0.169 e. The van der Waals surface area contributed by atoms with Crippen LogP contribution in [0, 0.1) is 0 Å². The van der Waals surface area contributed by atoms with Crippen molar-refractivity contribution in [2.45, 2.75) is 32.6 Å². The Hall–Kier alpha value is -1.20. The number of hydrogen-bond acceptors (Lipinski definition) is 4. The molecule has 3 nitrogen and oxygen atoms in total. The van der Waals surface area contributed by atoms with E-state index in [-0.39, 0.29) is 11.2 Å². The number of Topliss-reactive ketones (excluding diaryl/α,β-unsaturated/α-hetero) is 1. The molecule has 0 amide bonds. The quantitative estimate of drug-likeness (QED) is 0.664. The molecular weight excluding hydrogens is 336 g/mol. The summed E-state index contributed by atoms with van der Waals surface area (Å²) in [6.45, 7) is 6.35. The molecule has 0 unspecified atom stereocenters. The number of nitrogens with two attached hydrogens (primary N) is 1. The van der Waals surface area contributed by atoms with Gasteiger partial charge < -0.3 is 5.73 Å². The van der Waals surface area contributed by atoms with Gasteiger partial charge >= 0.3 is 0 Å². The van der Waals surface area contributed by atoms with Crippen LogP contribution in [-0.4, -0.2) is 10.8 Å². The van der Waals surface area contributed by atoms with E-state index < -0.39 is 0 Å². The molecule has 1 aromatic heterocycles. The highest BCUT2D eigenvalue weighted by atomic mass is 79.9. The van der Waals surface area contributed by atoms with Gasteiger partial charge in [0.05, 0.1) is 12.1 Å². The minimum absolute atomic E-state index is 0.0159. The SMILES string of the molecule is CC(C)(C)c1csc(CC(=O)c2ccc(N)c(Br)c2)n1. The highest BCUT2D eigenvalue weighted by Crippen LogP contribution is 2.25. The molecule has 0 fully saturated rings. The summed E-state index contributed by atoms with van der Waals surface area (Å²) in [5, 5.41) is 2.88. The largest absolute Gasteiger partial charge is 0.398 e. The van der Waals surface area contributed by atoms with Gasteiger partial charge in [-0.05, 0) is 34.1 Å². The Kier molecular flexibility index (Phi) is 4.30. The van der Waals surface area contributed by atoms with Crippen molar-refractivity contribution in [1.29, 1.82) is 0 Å². The molecule has 1 aromatic carbocycles. The standard InChI is InChI=1S/C15H17BrN2OS/c1-15(2,3)13-8-20-14(18-13)7-12(19)9-4-5-11(17)10(16)6-9/h4-6,8H,7,17H2,1-3H3. The van der Waals surface area contributed by atoms with Crippen molar-refractivity contribution in [2.24, 2.45) is 0 Å². The number of nitrogen functional groups attached to an aromatic ring is 1. The zero-order chi connectivity index (χ0) is 14.9. The topological polar surface area (TPSA) is 56.0 Å². The Labute approximate surface area is 131 Å². The van der Waals surface area contributed by atoms with E-state index >= 15 is 0 Å². The Bertz CT molecular complexity index is 644. The number of halogens is 1. The van der Waals surface area contributed by atoms with E-state index in [0.717, 1.165) is 15.2 Å². The number of benzene rings is 1. The molecule has 2 rings (SSSR count). The normalized spacial score (nSPS) is 11.6. The second-order valence-electron chi connectivity index (χ2n) is 5.71. The second kappa shape index (κ2) is 5.66. The van der Waals surface area contributed by atoms with Gasteiger partial charge in [-0.2, -0.15) is 0 Å². The van der Waals surface area contributed by atoms with Crippen molar-refractivity contribution in [2.75, 3.05) is 5.73 Å². The molecule has 0 aliphatic rings. The average Bonchev–Trinajstić information content (AvgIpc) is 2.81. The minimum atomic E-state index is 0.0159. The van der Waals surface area contributed by atoms with Crippen LogP contribution in [0.15, 0.2) is 28.1 Å². The summed E-state index contributed by atoms with van der Waals surface area (Å²) in [6.07, 6.45) is 0.330. The molecule has 0 saturated heterocycles. The Balaban J connectivity index is 2.15. The van der Waals surface area contributed by atoms with Gasteiger partial charge in [0, 0.05) is 26.5 Å². The summed E-state index contributed by atoms with van der Waals surface area (Å²) < 4.78 is 0.748. The van der Waals surface area contributed by atoms with Gasteiger partial charge in [-0.3, -0.25) is 4.79 Å². The first-order valence-electron chi connectivity index (χ1n) is 6.30. The fourth-order valence-corrected chi connectivity index (χ4v) is 3.07. The Morgan fingerprint density at radius 2 is 2.10 bits per heavy atom. The van der Waals surface area contributed by atoms with Gasteiger partial charge in [0.1, 0.15) is 5.01 Å². The Morgan fingerprint density at radius 3 is 2.65 bits per heavy atom. The molecule has 1 heterocycles. The van der Waals surface area contributed by atoms with E-state index in [9.17, 15) is 4.79 Å². The fourth-order valence-electron chi connectivity index (χ4n) is 1.68. The van der Waals surface area contributed by atoms with Crippen molar-refractivity contribution >= 4 is 38.7 Å². The molecule has 0 saturated carbocycles. The molecule has 0 radical (unpaired) electrons. The zero-order valence-electron chi connectivity index (χ0n) is 11.7. The van der Waals surface area contributed by atoms with E-state index in [1.165, 1.54) is 11.3 Å². The van der Waals surface area contributed by atoms with Crippen LogP contribution >= 0.6 is 27.3 Å². The third-order valence-electron chi connectivity index (χ3n) is 2.95. The first-order chi connectivity index (χ1) is 9.27. The van der Waals surface area contributed by atoms with Gasteiger partial charge in [0.2, 0.25) is 0 Å². The lowest BCUT2D eigenvalue weighted by Gasteiger charge is -2.14. The zero-order valence-corrected chi connectivity index (χ0v) is 14.1. The molecule has 106 valence electrons. The van der Waals surface area contributed by atoms with Gasteiger partial charge in [0.15, 0.2) is 5.78 Å². The van der Waals surface area contributed by atoms with E-state index in [0.29, 0.717) is 17.7 Å². The second-order valence-corrected chi connectivity index (χ2v) is 7.51. The molecule has 0 aliphatic carbocycles. The van der Waals surface area contributed by atoms with Crippen molar-refractivity contribution in [3.63, 3.8) is 0 Å². The summed E-state index contributed by atoms with van der Waals surface area (Å²) in [4.78, 5) is 16.8. The molecule has 0 atom stereocenters. The highest BCUT2D eigenvalue weighted by molar-refractivity contribution is 9.10. The molecule has 2 N–H and O–H groups in total. The van der Waals surface area contributed by atoms with Crippen molar-refractivity contribution in [3.05, 3.63) is 44.3 Å². The predicted octanol–water partition coefficient (Wildman–Crippen LogP) is 4.21. The van der Waals surface area contributed by atoms with Crippen LogP contribution in [0.5, 0.6) is 0 Å². The summed E-state index contributed by atoms with van der Waals surface area (Å²) in [6, 6.07) is 5.25. The summed E-state index contributed by atoms with van der Waals surface area (Å²) in [5.41, 5.74) is 8.05. The van der Waals surface area contributed by atoms with Crippen LogP contribution < -0.4 is 5.73 Å². The molecule has 20 heavy (non-hydrogen) atoms. The van der Waals surface area contributed by atoms with Crippen LogP contribution in [0.25, 0.3) is 0 Å². The van der Waals surface area contributed by atoms with E-state index in [2.05, 4.69) is 41.7 Å². The van der Waals surface area contributed by atoms with Crippen LogP contribution in [0.4, 0.5) is 5.69 Å². The maximum absolute atomic E-state index is 12.2. The number of ketones is 1. The maximum atomic E-state index is 12.2. The lowest BCUT2D eigenvalue weighted by Crippen LogP contribution is -2.12. The number of carbonyl (C=O) groups is 1. The average molecular weight is 353 g/mol. The summed E-state index contributed by atoms with van der Waals surface area (Å²) in [5.74, 6) is 0.0560. The number of rotatable bonds is 3. The van der Waals surface area contributed by atoms with Crippen molar-refractivity contribution in [1.82, 2.24) is 4.98 Å². The molecule has 5 heteroatoms. The highest BCUT2D eigenvalue weighted by Gasteiger charge is 2.18. The van der Waals surface area contributed by atoms with Crippen molar-refractivity contribution in [3.8, 4) is 0 Å². The minimum Gasteiger partial charge on any atom is -0.398 e. The number of hydrogen-bond donors (Lipinski definition) is 1. The lowest BCUT2D eigenvalue weighted by molar-refractivity contribution is 0.0993. The van der Waals surface area contributed by atoms with Crippen LogP contribution in [0.2, 0.25) is 0 Å². The lowest BCUT2D eigenvalue weighted by atomic mass is 9.93. The number of anilines is 1. The number of aromatic nitrogens is 1. The molecule has 2 aromatic rings. The fraction of sp³-hybridized carbons (Fsp3) is 0.333. The first kappa shape index (κ1) is 15.2. The van der Waals surface area contributed by atoms with Crippen LogP contribution in [-0.2, 0) is 11.8 Å². The van der Waals surface area contributed by atoms with Gasteiger partial charge in [0.25, 0.3) is 0 Å². The third kappa shape index (κ3) is 3.46. The van der Waals surface area contributed by atoms with Gasteiger partial charge in [-0.15, -0.1) is 11.3 Å². The number of carbonyl (C=O) groups excluding carboxylic acids is 1. The first-order valence-corrected chi connectivity index (χ1v) is 7.98. The summed E-state index contributed by atoms with van der Waals surface area (Å²) in [7, 11) is 0. The monoisotopic (exact) mass is 352 g/mol.